The molecule has 0 bridgehead atoms. The van der Waals surface area contributed by atoms with Gasteiger partial charge < -0.3 is 29.3 Å². The fourth-order valence-electron chi connectivity index (χ4n) is 6.88. The van der Waals surface area contributed by atoms with Gasteiger partial charge in [0.2, 0.25) is 0 Å². The minimum atomic E-state index is -1.62. The van der Waals surface area contributed by atoms with Gasteiger partial charge in [0, 0.05) is 30.2 Å². The van der Waals surface area contributed by atoms with E-state index in [1.54, 1.807) is 27.7 Å². The van der Waals surface area contributed by atoms with Crippen molar-refractivity contribution in [2.24, 2.45) is 29.1 Å². The number of aliphatic hydroxyl groups is 2. The Morgan fingerprint density at radius 2 is 1.73 bits per heavy atom. The Labute approximate surface area is 221 Å². The Bertz CT molecular complexity index is 878. The first kappa shape index (κ1) is 30.2. The third kappa shape index (κ3) is 5.26. The molecular weight excluding hydrogens is 478 g/mol. The van der Waals surface area contributed by atoms with Crippen LogP contribution in [-0.2, 0) is 28.6 Å². The van der Waals surface area contributed by atoms with Gasteiger partial charge in [0.25, 0.3) is 0 Å². The summed E-state index contributed by atoms with van der Waals surface area (Å²) in [7, 11) is 3.78. The van der Waals surface area contributed by atoms with Crippen molar-refractivity contribution in [1.29, 1.82) is 0 Å². The minimum absolute atomic E-state index is 0.0276. The summed E-state index contributed by atoms with van der Waals surface area (Å²) >= 11 is 0. The second-order valence-electron chi connectivity index (χ2n) is 12.4. The molecule has 2 N–H and O–H groups in total. The Hall–Kier alpha value is -1.39. The van der Waals surface area contributed by atoms with Crippen LogP contribution in [0, 0.1) is 29.1 Å². The fourth-order valence-corrected chi connectivity index (χ4v) is 6.88. The van der Waals surface area contributed by atoms with Crippen LogP contribution in [0.4, 0.5) is 0 Å². The number of ketones is 2. The van der Waals surface area contributed by atoms with E-state index in [2.05, 4.69) is 0 Å². The molecule has 0 aromatic heterocycles. The van der Waals surface area contributed by atoms with Gasteiger partial charge in [-0.2, -0.15) is 0 Å². The topological polar surface area (TPSA) is 123 Å². The maximum Gasteiger partial charge on any atom is 0.320 e. The third-order valence-electron chi connectivity index (χ3n) is 9.40. The monoisotopic (exact) mass is 525 g/mol. The summed E-state index contributed by atoms with van der Waals surface area (Å²) in [5.41, 5.74) is -2.98. The molecule has 0 unspecified atom stereocenters. The number of hydrogen-bond acceptors (Lipinski definition) is 9. The Morgan fingerprint density at radius 1 is 1.11 bits per heavy atom. The van der Waals surface area contributed by atoms with Gasteiger partial charge in [-0.25, -0.2) is 0 Å². The summed E-state index contributed by atoms with van der Waals surface area (Å²) in [6.07, 6.45) is -2.38. The van der Waals surface area contributed by atoms with Crippen LogP contribution in [0.3, 0.4) is 0 Å². The largest absolute Gasteiger partial charge is 0.455 e. The van der Waals surface area contributed by atoms with Crippen LogP contribution in [0.15, 0.2) is 0 Å². The molecule has 9 nitrogen and oxygen atoms in total. The first-order valence-electron chi connectivity index (χ1n) is 13.7. The number of nitrogens with zero attached hydrogens (tertiary/aromatic N) is 1. The number of carbonyl (C=O) groups excluding carboxylic acids is 3. The number of likely N-dealkylation sites (N-methyl/N-ethyl adjacent to an activating group) is 1. The van der Waals surface area contributed by atoms with E-state index in [0.29, 0.717) is 19.3 Å². The lowest BCUT2D eigenvalue weighted by atomic mass is 9.61. The van der Waals surface area contributed by atoms with Gasteiger partial charge in [-0.15, -0.1) is 0 Å². The lowest BCUT2D eigenvalue weighted by Gasteiger charge is -2.45. The van der Waals surface area contributed by atoms with E-state index in [9.17, 15) is 24.6 Å². The molecule has 3 aliphatic rings. The zero-order valence-corrected chi connectivity index (χ0v) is 23.9. The molecule has 12 atom stereocenters. The Balaban J connectivity index is 2.03. The summed E-state index contributed by atoms with van der Waals surface area (Å²) in [6, 6.07) is -0.182. The van der Waals surface area contributed by atoms with Crippen molar-refractivity contribution in [2.45, 2.75) is 116 Å². The smallest absolute Gasteiger partial charge is 0.320 e. The second-order valence-corrected chi connectivity index (χ2v) is 12.4. The third-order valence-corrected chi connectivity index (χ3v) is 9.40. The quantitative estimate of drug-likeness (QED) is 0.411. The van der Waals surface area contributed by atoms with Crippen LogP contribution in [-0.4, -0.2) is 89.1 Å². The van der Waals surface area contributed by atoms with E-state index >= 15 is 0 Å². The van der Waals surface area contributed by atoms with E-state index < -0.39 is 53.4 Å². The van der Waals surface area contributed by atoms with Crippen LogP contribution in [0.25, 0.3) is 0 Å². The molecule has 3 fully saturated rings. The summed E-state index contributed by atoms with van der Waals surface area (Å²) in [5.74, 6) is -3.31. The number of aliphatic hydroxyl groups excluding tert-OH is 2. The Morgan fingerprint density at radius 3 is 2.30 bits per heavy atom. The first-order chi connectivity index (χ1) is 17.1. The highest BCUT2D eigenvalue weighted by molar-refractivity contribution is 6.07. The number of rotatable bonds is 5. The van der Waals surface area contributed by atoms with Crippen LogP contribution >= 0.6 is 0 Å². The van der Waals surface area contributed by atoms with E-state index in [0.717, 1.165) is 0 Å². The van der Waals surface area contributed by atoms with Crippen molar-refractivity contribution >= 4 is 17.5 Å². The lowest BCUT2D eigenvalue weighted by Crippen LogP contribution is -2.57. The van der Waals surface area contributed by atoms with Gasteiger partial charge in [0.05, 0.1) is 18.3 Å². The van der Waals surface area contributed by atoms with Gasteiger partial charge >= 0.3 is 5.97 Å². The molecule has 9 heteroatoms. The average Bonchev–Trinajstić information content (AvgIpc) is 3.03. The zero-order chi connectivity index (χ0) is 28.0. The average molecular weight is 526 g/mol. The van der Waals surface area contributed by atoms with Crippen molar-refractivity contribution in [1.82, 2.24) is 4.90 Å². The molecule has 2 saturated heterocycles. The summed E-state index contributed by atoms with van der Waals surface area (Å²) < 4.78 is 18.2. The summed E-state index contributed by atoms with van der Waals surface area (Å²) in [6.45, 7) is 12.4. The van der Waals surface area contributed by atoms with E-state index in [-0.39, 0.29) is 42.0 Å². The van der Waals surface area contributed by atoms with Crippen molar-refractivity contribution in [3.05, 3.63) is 0 Å². The molecule has 0 radical (unpaired) electrons. The van der Waals surface area contributed by atoms with Gasteiger partial charge in [0.1, 0.15) is 22.9 Å². The van der Waals surface area contributed by atoms with E-state index in [1.165, 1.54) is 0 Å². The van der Waals surface area contributed by atoms with Crippen LogP contribution in [0.2, 0.25) is 0 Å². The number of carbonyl (C=O) groups is 3. The highest BCUT2D eigenvalue weighted by Gasteiger charge is 2.67. The standard InChI is InChI=1S/C28H47NO8/c1-10-21(31)28(7)20-13-19(30)14(2)11-15(3)23(17(5)24(33)27(20,6)26(34)37-28)36-25-22(32)18(29(8)9)12-16(4)35-25/h14-18,20-23,25,31-32H,10-13H2,1-9H3/t14-,15-,16-,17-,18+,20+,21+,22+,23-,25+,27+,28-/m1/s1. The molecule has 37 heavy (non-hydrogen) atoms. The van der Waals surface area contributed by atoms with Gasteiger partial charge in [0.15, 0.2) is 12.1 Å². The molecule has 0 aromatic rings. The van der Waals surface area contributed by atoms with Gasteiger partial charge in [-0.3, -0.25) is 14.4 Å². The van der Waals surface area contributed by atoms with Crippen molar-refractivity contribution in [3.8, 4) is 0 Å². The molecule has 2 heterocycles. The van der Waals surface area contributed by atoms with Crippen molar-refractivity contribution in [2.75, 3.05) is 14.1 Å². The van der Waals surface area contributed by atoms with Crippen LogP contribution < -0.4 is 0 Å². The SMILES string of the molecule is CC[C@H](O)[C@]1(C)OC(=O)[C@]2(C)C(=O)[C@H](C)[C@H](O[C@@H]3O[C@H](C)C[C@H](N(C)C)[C@@H]3O)[C@H](C)C[C@@H](C)C(=O)C[C@@H]21. The maximum atomic E-state index is 14.2. The van der Waals surface area contributed by atoms with E-state index in [4.69, 9.17) is 14.2 Å². The van der Waals surface area contributed by atoms with Gasteiger partial charge in [-0.1, -0.05) is 27.7 Å². The summed E-state index contributed by atoms with van der Waals surface area (Å²) in [4.78, 5) is 42.9. The number of hydrogen-bond donors (Lipinski definition) is 2. The predicted molar refractivity (Wildman–Crippen MR) is 136 cm³/mol. The van der Waals surface area contributed by atoms with Crippen LogP contribution in [0.1, 0.15) is 74.1 Å². The van der Waals surface area contributed by atoms with Gasteiger partial charge in [-0.05, 0) is 60.0 Å². The molecule has 0 amide bonds. The van der Waals surface area contributed by atoms with Crippen LogP contribution in [0.5, 0.6) is 0 Å². The molecule has 0 spiro atoms. The van der Waals surface area contributed by atoms with Crippen molar-refractivity contribution < 1.29 is 38.8 Å². The highest BCUT2D eigenvalue weighted by atomic mass is 16.7. The maximum absolute atomic E-state index is 14.2. The molecule has 0 aromatic carbocycles. The molecule has 1 saturated carbocycles. The number of Topliss-reactive ketones (excluding diaryl/α,β-unsaturated/α-hetero) is 2. The zero-order valence-electron chi connectivity index (χ0n) is 23.9. The lowest BCUT2D eigenvalue weighted by molar-refractivity contribution is -0.278. The molecule has 212 valence electrons. The Kier molecular flexibility index (Phi) is 8.97. The normalized spacial score (nSPS) is 46.5. The van der Waals surface area contributed by atoms with E-state index in [1.807, 2.05) is 39.8 Å². The number of esters is 1. The molecule has 3 rings (SSSR count). The molecule has 1 aliphatic carbocycles. The first-order valence-corrected chi connectivity index (χ1v) is 13.7. The fraction of sp³-hybridized carbons (Fsp3) is 0.893. The highest BCUT2D eigenvalue weighted by Crippen LogP contribution is 2.53. The predicted octanol–water partition coefficient (Wildman–Crippen LogP) is 2.35. The second kappa shape index (κ2) is 11.0. The molecule has 2 aliphatic heterocycles. The minimum Gasteiger partial charge on any atom is -0.455 e. The van der Waals surface area contributed by atoms with Crippen molar-refractivity contribution in [3.63, 3.8) is 0 Å². The number of fused-ring (bicyclic) bond motifs is 1. The molecular formula is C28H47NO8. The number of cyclic esters (lactones) is 1. The number of ether oxygens (including phenoxy) is 3. The summed E-state index contributed by atoms with van der Waals surface area (Å²) in [5, 5.41) is 21.9.